The minimum Gasteiger partial charge on any atom is -0.394 e. The SMILES string of the molecule is Cc1nn(C(C)C)c(NC2(C)CCOC2C)c1N. The number of ether oxygens (including phenoxy) is 1. The second kappa shape index (κ2) is 4.46. The highest BCUT2D eigenvalue weighted by atomic mass is 16.5. The van der Waals surface area contributed by atoms with Gasteiger partial charge >= 0.3 is 0 Å². The van der Waals surface area contributed by atoms with Crippen LogP contribution in [0, 0.1) is 6.92 Å². The molecule has 1 aliphatic rings. The van der Waals surface area contributed by atoms with Gasteiger partial charge in [0.15, 0.2) is 0 Å². The summed E-state index contributed by atoms with van der Waals surface area (Å²) in [6.45, 7) is 11.2. The second-order valence-electron chi connectivity index (χ2n) is 5.69. The first kappa shape index (κ1) is 13.2. The topological polar surface area (TPSA) is 65.1 Å². The maximum absolute atomic E-state index is 6.14. The van der Waals surface area contributed by atoms with Gasteiger partial charge < -0.3 is 15.8 Å². The van der Waals surface area contributed by atoms with Gasteiger partial charge in [-0.1, -0.05) is 0 Å². The molecule has 5 nitrogen and oxygen atoms in total. The average molecular weight is 252 g/mol. The Morgan fingerprint density at radius 3 is 2.72 bits per heavy atom. The lowest BCUT2D eigenvalue weighted by Gasteiger charge is -2.31. The molecule has 0 aliphatic carbocycles. The summed E-state index contributed by atoms with van der Waals surface area (Å²) < 4.78 is 7.61. The van der Waals surface area contributed by atoms with Crippen molar-refractivity contribution in [1.82, 2.24) is 9.78 Å². The van der Waals surface area contributed by atoms with E-state index in [9.17, 15) is 0 Å². The van der Waals surface area contributed by atoms with Crippen LogP contribution in [0.2, 0.25) is 0 Å². The van der Waals surface area contributed by atoms with Crippen molar-refractivity contribution in [2.45, 2.75) is 58.7 Å². The predicted octanol–water partition coefficient (Wildman–Crippen LogP) is 2.33. The molecular formula is C13H24N4O. The Labute approximate surface area is 109 Å². The van der Waals surface area contributed by atoms with Gasteiger partial charge in [0.25, 0.3) is 0 Å². The van der Waals surface area contributed by atoms with Crippen LogP contribution in [0.25, 0.3) is 0 Å². The molecule has 0 bridgehead atoms. The summed E-state index contributed by atoms with van der Waals surface area (Å²) in [5.74, 6) is 0.919. The zero-order valence-corrected chi connectivity index (χ0v) is 11.9. The minimum atomic E-state index is -0.0762. The van der Waals surface area contributed by atoms with Gasteiger partial charge in [0.1, 0.15) is 5.82 Å². The fraction of sp³-hybridized carbons (Fsp3) is 0.769. The largest absolute Gasteiger partial charge is 0.394 e. The molecule has 1 saturated heterocycles. The summed E-state index contributed by atoms with van der Waals surface area (Å²) in [5.41, 5.74) is 7.68. The summed E-state index contributed by atoms with van der Waals surface area (Å²) in [5, 5.41) is 8.05. The molecule has 2 unspecified atom stereocenters. The second-order valence-corrected chi connectivity index (χ2v) is 5.69. The van der Waals surface area contributed by atoms with Gasteiger partial charge in [0.2, 0.25) is 0 Å². The highest BCUT2D eigenvalue weighted by Gasteiger charge is 2.38. The van der Waals surface area contributed by atoms with Gasteiger partial charge in [-0.05, 0) is 41.0 Å². The van der Waals surface area contributed by atoms with Crippen LogP contribution in [-0.2, 0) is 4.74 Å². The molecule has 0 aromatic carbocycles. The van der Waals surface area contributed by atoms with Crippen LogP contribution in [0.3, 0.4) is 0 Å². The van der Waals surface area contributed by atoms with Crippen LogP contribution >= 0.6 is 0 Å². The predicted molar refractivity (Wildman–Crippen MR) is 73.8 cm³/mol. The van der Waals surface area contributed by atoms with Gasteiger partial charge in [-0.25, -0.2) is 4.68 Å². The molecule has 18 heavy (non-hydrogen) atoms. The van der Waals surface area contributed by atoms with Crippen LogP contribution in [0.5, 0.6) is 0 Å². The lowest BCUT2D eigenvalue weighted by Crippen LogP contribution is -2.42. The van der Waals surface area contributed by atoms with Gasteiger partial charge in [0, 0.05) is 12.6 Å². The van der Waals surface area contributed by atoms with Crippen LogP contribution in [0.4, 0.5) is 11.5 Å². The number of hydrogen-bond acceptors (Lipinski definition) is 4. The van der Waals surface area contributed by atoms with E-state index in [1.165, 1.54) is 0 Å². The summed E-state index contributed by atoms with van der Waals surface area (Å²) in [4.78, 5) is 0. The van der Waals surface area contributed by atoms with E-state index in [1.54, 1.807) is 0 Å². The van der Waals surface area contributed by atoms with E-state index < -0.39 is 0 Å². The van der Waals surface area contributed by atoms with Crippen molar-refractivity contribution in [1.29, 1.82) is 0 Å². The molecule has 1 aliphatic heterocycles. The van der Waals surface area contributed by atoms with Crippen molar-refractivity contribution in [2.75, 3.05) is 17.7 Å². The van der Waals surface area contributed by atoms with E-state index in [0.717, 1.165) is 30.2 Å². The van der Waals surface area contributed by atoms with Crippen molar-refractivity contribution in [3.8, 4) is 0 Å². The Bertz CT molecular complexity index is 440. The highest BCUT2D eigenvalue weighted by Crippen LogP contribution is 2.34. The Morgan fingerprint density at radius 1 is 1.56 bits per heavy atom. The fourth-order valence-corrected chi connectivity index (χ4v) is 2.33. The van der Waals surface area contributed by atoms with E-state index in [0.29, 0.717) is 0 Å². The number of nitrogens with two attached hydrogens (primary N) is 1. The summed E-state index contributed by atoms with van der Waals surface area (Å²) in [6.07, 6.45) is 1.16. The van der Waals surface area contributed by atoms with E-state index in [-0.39, 0.29) is 17.7 Å². The molecule has 2 heterocycles. The smallest absolute Gasteiger partial charge is 0.148 e. The third-order valence-electron chi connectivity index (χ3n) is 3.91. The molecular weight excluding hydrogens is 228 g/mol. The van der Waals surface area contributed by atoms with E-state index in [2.05, 4.69) is 38.1 Å². The molecule has 1 fully saturated rings. The van der Waals surface area contributed by atoms with Gasteiger partial charge in [-0.15, -0.1) is 0 Å². The molecule has 0 saturated carbocycles. The van der Waals surface area contributed by atoms with Crippen LogP contribution < -0.4 is 11.1 Å². The number of nitrogens with zero attached hydrogens (tertiary/aromatic N) is 2. The third-order valence-corrected chi connectivity index (χ3v) is 3.91. The lowest BCUT2D eigenvalue weighted by atomic mass is 9.94. The average Bonchev–Trinajstić information content (AvgIpc) is 2.75. The molecule has 3 N–H and O–H groups in total. The first-order valence-electron chi connectivity index (χ1n) is 6.59. The van der Waals surface area contributed by atoms with E-state index in [4.69, 9.17) is 10.5 Å². The van der Waals surface area contributed by atoms with Crippen molar-refractivity contribution in [2.24, 2.45) is 0 Å². The summed E-state index contributed by atoms with van der Waals surface area (Å²) >= 11 is 0. The molecule has 5 heteroatoms. The fourth-order valence-electron chi connectivity index (χ4n) is 2.33. The Balaban J connectivity index is 2.34. The molecule has 2 rings (SSSR count). The van der Waals surface area contributed by atoms with Gasteiger partial charge in [-0.2, -0.15) is 5.10 Å². The summed E-state index contributed by atoms with van der Waals surface area (Å²) in [6, 6.07) is 0.282. The molecule has 1 aromatic rings. The van der Waals surface area contributed by atoms with Crippen molar-refractivity contribution < 1.29 is 4.74 Å². The highest BCUT2D eigenvalue weighted by molar-refractivity contribution is 5.66. The van der Waals surface area contributed by atoms with E-state index >= 15 is 0 Å². The number of aryl methyl sites for hydroxylation is 1. The number of aromatic nitrogens is 2. The maximum atomic E-state index is 6.14. The number of nitrogens with one attached hydrogen (secondary N) is 1. The standard InChI is InChI=1S/C13H24N4O/c1-8(2)17-12(11(14)9(3)16-17)15-13(5)6-7-18-10(13)4/h8,10,15H,6-7,14H2,1-5H3. The zero-order chi connectivity index (χ0) is 13.5. The number of rotatable bonds is 3. The van der Waals surface area contributed by atoms with Crippen molar-refractivity contribution >= 4 is 11.5 Å². The third kappa shape index (κ3) is 2.07. The number of nitrogen functional groups attached to an aromatic ring is 1. The molecule has 2 atom stereocenters. The van der Waals surface area contributed by atoms with Crippen molar-refractivity contribution in [3.05, 3.63) is 5.69 Å². The first-order valence-corrected chi connectivity index (χ1v) is 6.59. The Hall–Kier alpha value is -1.23. The summed E-state index contributed by atoms with van der Waals surface area (Å²) in [7, 11) is 0. The Kier molecular flexibility index (Phi) is 3.27. The minimum absolute atomic E-state index is 0.0762. The van der Waals surface area contributed by atoms with Crippen LogP contribution in [0.15, 0.2) is 0 Å². The first-order chi connectivity index (χ1) is 8.35. The number of hydrogen-bond donors (Lipinski definition) is 2. The quantitative estimate of drug-likeness (QED) is 0.866. The molecule has 102 valence electrons. The molecule has 1 aromatic heterocycles. The molecule has 0 radical (unpaired) electrons. The normalized spacial score (nSPS) is 28.0. The molecule has 0 spiro atoms. The number of anilines is 2. The Morgan fingerprint density at radius 2 is 2.22 bits per heavy atom. The zero-order valence-electron chi connectivity index (χ0n) is 11.9. The molecule has 0 amide bonds. The van der Waals surface area contributed by atoms with Crippen LogP contribution in [-0.4, -0.2) is 28.0 Å². The van der Waals surface area contributed by atoms with Crippen LogP contribution in [0.1, 0.15) is 45.9 Å². The van der Waals surface area contributed by atoms with Gasteiger partial charge in [0.05, 0.1) is 23.0 Å². The maximum Gasteiger partial charge on any atom is 0.148 e. The van der Waals surface area contributed by atoms with Gasteiger partial charge in [-0.3, -0.25) is 0 Å². The van der Waals surface area contributed by atoms with E-state index in [1.807, 2.05) is 11.6 Å². The monoisotopic (exact) mass is 252 g/mol. The lowest BCUT2D eigenvalue weighted by molar-refractivity contribution is 0.105. The van der Waals surface area contributed by atoms with Crippen molar-refractivity contribution in [3.63, 3.8) is 0 Å².